The van der Waals surface area contributed by atoms with Crippen LogP contribution in [0.5, 0.6) is 5.75 Å². The van der Waals surface area contributed by atoms with E-state index in [4.69, 9.17) is 9.47 Å². The summed E-state index contributed by atoms with van der Waals surface area (Å²) in [7, 11) is 0. The van der Waals surface area contributed by atoms with Crippen LogP contribution in [-0.2, 0) is 11.3 Å². The minimum absolute atomic E-state index is 0.249. The van der Waals surface area contributed by atoms with E-state index in [1.807, 2.05) is 31.2 Å². The van der Waals surface area contributed by atoms with Gasteiger partial charge in [-0.3, -0.25) is 0 Å². The van der Waals surface area contributed by atoms with Crippen LogP contribution in [0.1, 0.15) is 12.5 Å². The van der Waals surface area contributed by atoms with Crippen LogP contribution in [0.3, 0.4) is 0 Å². The second-order valence-electron chi connectivity index (χ2n) is 4.33. The van der Waals surface area contributed by atoms with Crippen molar-refractivity contribution >= 4 is 6.09 Å². The van der Waals surface area contributed by atoms with Crippen LogP contribution in [0.2, 0.25) is 0 Å². The van der Waals surface area contributed by atoms with E-state index in [2.05, 4.69) is 5.32 Å². The molecule has 1 amide bonds. The van der Waals surface area contributed by atoms with E-state index in [9.17, 15) is 4.79 Å². The average Bonchev–Trinajstić information content (AvgIpc) is 2.47. The van der Waals surface area contributed by atoms with E-state index in [1.165, 1.54) is 0 Å². The van der Waals surface area contributed by atoms with Gasteiger partial charge in [0.1, 0.15) is 12.4 Å². The molecule has 1 heterocycles. The second kappa shape index (κ2) is 6.99. The fourth-order valence-corrected chi connectivity index (χ4v) is 2.00. The van der Waals surface area contributed by atoms with Crippen molar-refractivity contribution in [2.75, 3.05) is 32.8 Å². The molecule has 0 aromatic heterocycles. The van der Waals surface area contributed by atoms with E-state index >= 15 is 0 Å². The van der Waals surface area contributed by atoms with Crippen LogP contribution in [0, 0.1) is 0 Å². The molecule has 0 atom stereocenters. The molecule has 0 saturated carbocycles. The van der Waals surface area contributed by atoms with Gasteiger partial charge in [-0.25, -0.2) is 4.79 Å². The van der Waals surface area contributed by atoms with Crippen molar-refractivity contribution in [1.29, 1.82) is 0 Å². The molecule has 2 rings (SSSR count). The van der Waals surface area contributed by atoms with Crippen molar-refractivity contribution in [1.82, 2.24) is 10.2 Å². The number of carbonyl (C=O) groups is 1. The van der Waals surface area contributed by atoms with Crippen LogP contribution in [0.25, 0.3) is 0 Å². The normalized spacial score (nSPS) is 15.1. The Labute approximate surface area is 113 Å². The third kappa shape index (κ3) is 3.86. The second-order valence-corrected chi connectivity index (χ2v) is 4.33. The number of nitrogens with zero attached hydrogens (tertiary/aromatic N) is 1. The first kappa shape index (κ1) is 13.7. The zero-order valence-corrected chi connectivity index (χ0v) is 11.2. The van der Waals surface area contributed by atoms with E-state index in [0.29, 0.717) is 19.7 Å². The number of piperazine rings is 1. The Morgan fingerprint density at radius 1 is 1.32 bits per heavy atom. The third-order valence-corrected chi connectivity index (χ3v) is 3.00. The van der Waals surface area contributed by atoms with Crippen LogP contribution < -0.4 is 10.1 Å². The highest BCUT2D eigenvalue weighted by Gasteiger charge is 2.17. The molecule has 0 bridgehead atoms. The standard InChI is InChI=1S/C14H20N2O3/c1-2-18-13-6-4-3-5-12(13)11-19-14(17)16-9-7-15-8-10-16/h3-6,15H,2,7-11H2,1H3. The molecule has 1 aliphatic heterocycles. The Morgan fingerprint density at radius 2 is 2.05 bits per heavy atom. The highest BCUT2D eigenvalue weighted by atomic mass is 16.6. The summed E-state index contributed by atoms with van der Waals surface area (Å²) in [4.78, 5) is 13.6. The van der Waals surface area contributed by atoms with Crippen molar-refractivity contribution in [3.05, 3.63) is 29.8 Å². The molecule has 1 aliphatic rings. The van der Waals surface area contributed by atoms with Gasteiger partial charge in [-0.1, -0.05) is 18.2 Å². The maximum atomic E-state index is 11.9. The average molecular weight is 264 g/mol. The summed E-state index contributed by atoms with van der Waals surface area (Å²) >= 11 is 0. The lowest BCUT2D eigenvalue weighted by molar-refractivity contribution is 0.0910. The van der Waals surface area contributed by atoms with Crippen molar-refractivity contribution in [2.45, 2.75) is 13.5 Å². The van der Waals surface area contributed by atoms with Gasteiger partial charge in [0.15, 0.2) is 0 Å². The summed E-state index contributed by atoms with van der Waals surface area (Å²) in [6.45, 7) is 5.83. The first-order valence-electron chi connectivity index (χ1n) is 6.64. The molecule has 1 aromatic rings. The molecule has 0 unspecified atom stereocenters. The van der Waals surface area contributed by atoms with Gasteiger partial charge in [0.05, 0.1) is 6.61 Å². The summed E-state index contributed by atoms with van der Waals surface area (Å²) in [5.74, 6) is 0.776. The maximum absolute atomic E-state index is 11.9. The van der Waals surface area contributed by atoms with Crippen LogP contribution in [-0.4, -0.2) is 43.8 Å². The SMILES string of the molecule is CCOc1ccccc1COC(=O)N1CCNCC1. The van der Waals surface area contributed by atoms with Gasteiger partial charge in [-0.05, 0) is 13.0 Å². The van der Waals surface area contributed by atoms with Crippen molar-refractivity contribution in [3.63, 3.8) is 0 Å². The highest BCUT2D eigenvalue weighted by Crippen LogP contribution is 2.19. The van der Waals surface area contributed by atoms with Gasteiger partial charge in [-0.15, -0.1) is 0 Å². The fourth-order valence-electron chi connectivity index (χ4n) is 2.00. The van der Waals surface area contributed by atoms with Gasteiger partial charge < -0.3 is 19.7 Å². The van der Waals surface area contributed by atoms with Crippen molar-refractivity contribution in [2.24, 2.45) is 0 Å². The lowest BCUT2D eigenvalue weighted by atomic mass is 10.2. The topological polar surface area (TPSA) is 50.8 Å². The van der Waals surface area contributed by atoms with Crippen LogP contribution >= 0.6 is 0 Å². The molecular formula is C14H20N2O3. The number of para-hydroxylation sites is 1. The summed E-state index contributed by atoms with van der Waals surface area (Å²) in [6, 6.07) is 7.62. The number of carbonyl (C=O) groups excluding carboxylic acids is 1. The quantitative estimate of drug-likeness (QED) is 0.898. The number of hydrogen-bond acceptors (Lipinski definition) is 4. The van der Waals surface area contributed by atoms with E-state index < -0.39 is 0 Å². The zero-order chi connectivity index (χ0) is 13.5. The molecule has 1 N–H and O–H groups in total. The predicted molar refractivity (Wildman–Crippen MR) is 72.2 cm³/mol. The molecule has 0 radical (unpaired) electrons. The molecule has 1 aromatic carbocycles. The molecule has 0 aliphatic carbocycles. The number of hydrogen-bond donors (Lipinski definition) is 1. The predicted octanol–water partition coefficient (Wildman–Crippen LogP) is 1.63. The zero-order valence-electron chi connectivity index (χ0n) is 11.2. The van der Waals surface area contributed by atoms with Crippen LogP contribution in [0.15, 0.2) is 24.3 Å². The molecule has 5 heteroatoms. The fraction of sp³-hybridized carbons (Fsp3) is 0.500. The maximum Gasteiger partial charge on any atom is 0.410 e. The summed E-state index contributed by atoms with van der Waals surface area (Å²) < 4.78 is 10.8. The largest absolute Gasteiger partial charge is 0.493 e. The number of ether oxygens (including phenoxy) is 2. The Hall–Kier alpha value is -1.75. The van der Waals surface area contributed by atoms with E-state index in [-0.39, 0.29) is 12.7 Å². The number of rotatable bonds is 4. The minimum Gasteiger partial charge on any atom is -0.493 e. The first-order chi connectivity index (χ1) is 9.31. The van der Waals surface area contributed by atoms with Gasteiger partial charge in [-0.2, -0.15) is 0 Å². The monoisotopic (exact) mass is 264 g/mol. The number of benzene rings is 1. The number of amides is 1. The Balaban J connectivity index is 1.89. The third-order valence-electron chi connectivity index (χ3n) is 3.00. The molecule has 104 valence electrons. The minimum atomic E-state index is -0.257. The van der Waals surface area contributed by atoms with Gasteiger partial charge in [0, 0.05) is 31.7 Å². The first-order valence-corrected chi connectivity index (χ1v) is 6.64. The molecule has 19 heavy (non-hydrogen) atoms. The van der Waals surface area contributed by atoms with E-state index in [1.54, 1.807) is 4.90 Å². The Morgan fingerprint density at radius 3 is 2.79 bits per heavy atom. The molecular weight excluding hydrogens is 244 g/mol. The lowest BCUT2D eigenvalue weighted by Crippen LogP contribution is -2.46. The van der Waals surface area contributed by atoms with Crippen molar-refractivity contribution in [3.8, 4) is 5.75 Å². The number of nitrogens with one attached hydrogen (secondary N) is 1. The van der Waals surface area contributed by atoms with Gasteiger partial charge in [0.2, 0.25) is 0 Å². The van der Waals surface area contributed by atoms with Gasteiger partial charge in [0.25, 0.3) is 0 Å². The summed E-state index contributed by atoms with van der Waals surface area (Å²) in [5, 5.41) is 3.20. The molecule has 1 fully saturated rings. The molecule has 1 saturated heterocycles. The van der Waals surface area contributed by atoms with Crippen molar-refractivity contribution < 1.29 is 14.3 Å². The Bertz CT molecular complexity index is 417. The van der Waals surface area contributed by atoms with E-state index in [0.717, 1.165) is 24.4 Å². The van der Waals surface area contributed by atoms with Crippen LogP contribution in [0.4, 0.5) is 4.79 Å². The Kier molecular flexibility index (Phi) is 5.03. The lowest BCUT2D eigenvalue weighted by Gasteiger charge is -2.26. The van der Waals surface area contributed by atoms with Gasteiger partial charge >= 0.3 is 6.09 Å². The smallest absolute Gasteiger partial charge is 0.410 e. The summed E-state index contributed by atoms with van der Waals surface area (Å²) in [5.41, 5.74) is 0.896. The summed E-state index contributed by atoms with van der Waals surface area (Å²) in [6.07, 6.45) is -0.257. The molecule has 0 spiro atoms. The molecule has 5 nitrogen and oxygen atoms in total. The highest BCUT2D eigenvalue weighted by molar-refractivity contribution is 5.67.